The van der Waals surface area contributed by atoms with E-state index in [1.54, 1.807) is 6.92 Å². The lowest BCUT2D eigenvalue weighted by Crippen LogP contribution is -2.38. The molecule has 146 valence electrons. The van der Waals surface area contributed by atoms with Gasteiger partial charge in [-0.3, -0.25) is 19.5 Å². The van der Waals surface area contributed by atoms with Crippen LogP contribution in [0.2, 0.25) is 0 Å². The molecular formula is C20H25N7O. The predicted octanol–water partition coefficient (Wildman–Crippen LogP) is 1.62. The van der Waals surface area contributed by atoms with Crippen molar-refractivity contribution in [3.05, 3.63) is 53.6 Å². The van der Waals surface area contributed by atoms with Gasteiger partial charge in [0.25, 0.3) is 0 Å². The van der Waals surface area contributed by atoms with E-state index < -0.39 is 0 Å². The molecule has 4 rings (SSSR count). The maximum absolute atomic E-state index is 11.7. The van der Waals surface area contributed by atoms with Crippen molar-refractivity contribution in [2.24, 2.45) is 7.05 Å². The molecule has 0 unspecified atom stereocenters. The zero-order valence-corrected chi connectivity index (χ0v) is 16.4. The fourth-order valence-electron chi connectivity index (χ4n) is 3.80. The van der Waals surface area contributed by atoms with Gasteiger partial charge >= 0.3 is 0 Å². The summed E-state index contributed by atoms with van der Waals surface area (Å²) >= 11 is 0. The number of benzene rings is 1. The smallest absolute Gasteiger partial charge is 0.217 e. The standard InChI is InChI=1S/C20H25N7O/c1-13-16(9-21-26(13)3)10-27-11-17(18(12-27)22-14(2)28)20-23-19(24-25-20)15-7-5-4-6-8-15/h4-9,17-18H,10-12H2,1-3H3,(H,22,28)(H,23,24,25)/t17-,18-/m1/s1. The molecule has 1 aliphatic rings. The highest BCUT2D eigenvalue weighted by Gasteiger charge is 2.36. The van der Waals surface area contributed by atoms with Crippen molar-refractivity contribution in [2.45, 2.75) is 32.4 Å². The molecule has 2 aromatic heterocycles. The molecule has 2 N–H and O–H groups in total. The zero-order chi connectivity index (χ0) is 19.7. The highest BCUT2D eigenvalue weighted by Crippen LogP contribution is 2.28. The average molecular weight is 379 g/mol. The molecule has 0 saturated carbocycles. The largest absolute Gasteiger partial charge is 0.352 e. The molecule has 3 aromatic rings. The van der Waals surface area contributed by atoms with Crippen LogP contribution in [0.5, 0.6) is 0 Å². The van der Waals surface area contributed by atoms with Crippen LogP contribution in [-0.4, -0.2) is 54.9 Å². The van der Waals surface area contributed by atoms with Gasteiger partial charge in [-0.15, -0.1) is 0 Å². The van der Waals surface area contributed by atoms with Crippen LogP contribution in [0.15, 0.2) is 36.5 Å². The van der Waals surface area contributed by atoms with Gasteiger partial charge in [-0.1, -0.05) is 30.3 Å². The van der Waals surface area contributed by atoms with Gasteiger partial charge in [0, 0.05) is 50.4 Å². The number of nitrogens with zero attached hydrogens (tertiary/aromatic N) is 5. The Morgan fingerprint density at radius 2 is 2.07 bits per heavy atom. The molecule has 0 bridgehead atoms. The second-order valence-electron chi connectivity index (χ2n) is 7.40. The summed E-state index contributed by atoms with van der Waals surface area (Å²) in [7, 11) is 1.95. The zero-order valence-electron chi connectivity index (χ0n) is 16.4. The van der Waals surface area contributed by atoms with Crippen LogP contribution in [0, 0.1) is 6.92 Å². The maximum atomic E-state index is 11.7. The molecule has 1 aromatic carbocycles. The van der Waals surface area contributed by atoms with Gasteiger partial charge in [-0.05, 0) is 6.92 Å². The Labute approximate surface area is 164 Å². The van der Waals surface area contributed by atoms with Crippen LogP contribution < -0.4 is 5.32 Å². The van der Waals surface area contributed by atoms with Gasteiger partial charge in [0.15, 0.2) is 5.82 Å². The van der Waals surface area contributed by atoms with Crippen LogP contribution >= 0.6 is 0 Å². The predicted molar refractivity (Wildman–Crippen MR) is 105 cm³/mol. The average Bonchev–Trinajstić information content (AvgIpc) is 3.38. The number of carbonyl (C=O) groups is 1. The van der Waals surface area contributed by atoms with E-state index in [1.165, 1.54) is 5.56 Å². The Hall–Kier alpha value is -3.00. The number of aromatic nitrogens is 5. The van der Waals surface area contributed by atoms with E-state index in [9.17, 15) is 4.79 Å². The van der Waals surface area contributed by atoms with E-state index in [0.717, 1.165) is 36.7 Å². The van der Waals surface area contributed by atoms with E-state index in [-0.39, 0.29) is 17.9 Å². The van der Waals surface area contributed by atoms with Crippen molar-refractivity contribution in [3.63, 3.8) is 0 Å². The molecule has 28 heavy (non-hydrogen) atoms. The molecule has 1 fully saturated rings. The fourth-order valence-corrected chi connectivity index (χ4v) is 3.80. The third-order valence-corrected chi connectivity index (χ3v) is 5.40. The lowest BCUT2D eigenvalue weighted by molar-refractivity contribution is -0.119. The Bertz CT molecular complexity index is 962. The van der Waals surface area contributed by atoms with Crippen molar-refractivity contribution in [3.8, 4) is 11.4 Å². The molecule has 0 spiro atoms. The normalized spacial score (nSPS) is 19.8. The summed E-state index contributed by atoms with van der Waals surface area (Å²) in [6.07, 6.45) is 1.91. The molecule has 1 aliphatic heterocycles. The Kier molecular flexibility index (Phi) is 4.95. The second-order valence-corrected chi connectivity index (χ2v) is 7.40. The van der Waals surface area contributed by atoms with Gasteiger partial charge in [0.1, 0.15) is 5.82 Å². The quantitative estimate of drug-likeness (QED) is 0.703. The van der Waals surface area contributed by atoms with Crippen molar-refractivity contribution < 1.29 is 4.79 Å². The summed E-state index contributed by atoms with van der Waals surface area (Å²) < 4.78 is 1.89. The van der Waals surface area contributed by atoms with Gasteiger partial charge in [0.2, 0.25) is 5.91 Å². The number of likely N-dealkylation sites (tertiary alicyclic amines) is 1. The van der Waals surface area contributed by atoms with Crippen LogP contribution in [-0.2, 0) is 18.4 Å². The summed E-state index contributed by atoms with van der Waals surface area (Å²) in [4.78, 5) is 18.8. The molecule has 3 heterocycles. The summed E-state index contributed by atoms with van der Waals surface area (Å²) in [5.41, 5.74) is 3.33. The number of aromatic amines is 1. The molecule has 2 atom stereocenters. The number of hydrogen-bond acceptors (Lipinski definition) is 5. The third-order valence-electron chi connectivity index (χ3n) is 5.40. The van der Waals surface area contributed by atoms with Crippen molar-refractivity contribution in [1.29, 1.82) is 0 Å². The van der Waals surface area contributed by atoms with Gasteiger partial charge < -0.3 is 5.32 Å². The van der Waals surface area contributed by atoms with Crippen LogP contribution in [0.4, 0.5) is 0 Å². The van der Waals surface area contributed by atoms with E-state index >= 15 is 0 Å². The highest BCUT2D eigenvalue weighted by atomic mass is 16.1. The first-order valence-corrected chi connectivity index (χ1v) is 9.46. The highest BCUT2D eigenvalue weighted by molar-refractivity contribution is 5.73. The van der Waals surface area contributed by atoms with Crippen molar-refractivity contribution >= 4 is 5.91 Å². The Morgan fingerprint density at radius 1 is 1.29 bits per heavy atom. The molecule has 8 heteroatoms. The molecular weight excluding hydrogens is 354 g/mol. The molecule has 0 radical (unpaired) electrons. The molecule has 8 nitrogen and oxygen atoms in total. The maximum Gasteiger partial charge on any atom is 0.217 e. The lowest BCUT2D eigenvalue weighted by atomic mass is 10.0. The second kappa shape index (κ2) is 7.55. The van der Waals surface area contributed by atoms with Gasteiger partial charge in [-0.2, -0.15) is 10.2 Å². The van der Waals surface area contributed by atoms with E-state index in [0.29, 0.717) is 5.82 Å². The summed E-state index contributed by atoms with van der Waals surface area (Å²) in [6, 6.07) is 9.89. The lowest BCUT2D eigenvalue weighted by Gasteiger charge is -2.16. The number of hydrogen-bond donors (Lipinski definition) is 2. The van der Waals surface area contributed by atoms with E-state index in [2.05, 4.69) is 32.4 Å². The minimum atomic E-state index is -0.0304. The topological polar surface area (TPSA) is 91.7 Å². The fraction of sp³-hybridized carbons (Fsp3) is 0.400. The first-order chi connectivity index (χ1) is 13.5. The Morgan fingerprint density at radius 3 is 2.75 bits per heavy atom. The van der Waals surface area contributed by atoms with Crippen molar-refractivity contribution in [2.75, 3.05) is 13.1 Å². The van der Waals surface area contributed by atoms with Crippen LogP contribution in [0.25, 0.3) is 11.4 Å². The number of aryl methyl sites for hydroxylation is 1. The third kappa shape index (κ3) is 3.68. The summed E-state index contributed by atoms with van der Waals surface area (Å²) in [5.74, 6) is 1.52. The van der Waals surface area contributed by atoms with E-state index in [1.807, 2.05) is 48.3 Å². The number of rotatable bonds is 5. The monoisotopic (exact) mass is 379 g/mol. The number of carbonyl (C=O) groups excluding carboxylic acids is 1. The summed E-state index contributed by atoms with van der Waals surface area (Å²) in [5, 5.41) is 14.9. The van der Waals surface area contributed by atoms with Crippen LogP contribution in [0.3, 0.4) is 0 Å². The molecule has 0 aliphatic carbocycles. The van der Waals surface area contributed by atoms with Gasteiger partial charge in [-0.25, -0.2) is 4.98 Å². The number of nitrogens with one attached hydrogen (secondary N) is 2. The van der Waals surface area contributed by atoms with Crippen LogP contribution in [0.1, 0.15) is 29.9 Å². The summed E-state index contributed by atoms with van der Waals surface area (Å²) in [6.45, 7) is 5.99. The van der Waals surface area contributed by atoms with Gasteiger partial charge in [0.05, 0.1) is 18.2 Å². The minimum absolute atomic E-state index is 0.00829. The molecule has 1 amide bonds. The number of amides is 1. The molecule has 1 saturated heterocycles. The van der Waals surface area contributed by atoms with E-state index in [4.69, 9.17) is 4.98 Å². The van der Waals surface area contributed by atoms with Crippen molar-refractivity contribution in [1.82, 2.24) is 35.2 Å². The SMILES string of the molecule is CC(=O)N[C@@H]1CN(Cc2cnn(C)c2C)C[C@H]1c1nc(-c2ccccc2)n[nH]1. The first-order valence-electron chi connectivity index (χ1n) is 9.46. The number of H-pyrrole nitrogens is 1. The first kappa shape index (κ1) is 18.4. The Balaban J connectivity index is 1.55. The minimum Gasteiger partial charge on any atom is -0.352 e.